The van der Waals surface area contributed by atoms with E-state index in [1.165, 1.54) is 5.56 Å². The Kier molecular flexibility index (Phi) is 7.22. The van der Waals surface area contributed by atoms with Gasteiger partial charge in [0.2, 0.25) is 0 Å². The zero-order valence-electron chi connectivity index (χ0n) is 11.8. The quantitative estimate of drug-likeness (QED) is 0.694. The summed E-state index contributed by atoms with van der Waals surface area (Å²) in [5.74, 6) is 0.871. The molecule has 0 radical (unpaired) electrons. The maximum Gasteiger partial charge on any atom is 0.147 e. The fraction of sp³-hybridized carbons (Fsp3) is 0.571. The molecular weight excluding hydrogens is 390 g/mol. The van der Waals surface area contributed by atoms with Gasteiger partial charge >= 0.3 is 0 Å². The van der Waals surface area contributed by atoms with Crippen molar-refractivity contribution in [3.63, 3.8) is 0 Å². The third-order valence-electron chi connectivity index (χ3n) is 2.78. The Hall–Kier alpha value is 0.290. The molecule has 0 unspecified atom stereocenters. The van der Waals surface area contributed by atoms with Crippen LogP contribution in [0.4, 0.5) is 0 Å². The highest BCUT2D eigenvalue weighted by molar-refractivity contribution is 9.11. The van der Waals surface area contributed by atoms with Crippen molar-refractivity contribution in [2.45, 2.75) is 32.1 Å². The summed E-state index contributed by atoms with van der Waals surface area (Å²) in [7, 11) is 0. The molecule has 5 heteroatoms. The number of halogens is 2. The molecule has 0 aliphatic heterocycles. The van der Waals surface area contributed by atoms with Crippen molar-refractivity contribution in [3.05, 3.63) is 26.6 Å². The minimum atomic E-state index is 0.264. The first-order valence-corrected chi connectivity index (χ1v) is 9.07. The Bertz CT molecular complexity index is 401. The van der Waals surface area contributed by atoms with Crippen LogP contribution >= 0.6 is 43.6 Å². The minimum Gasteiger partial charge on any atom is -0.492 e. The fourth-order valence-corrected chi connectivity index (χ4v) is 3.33. The first-order chi connectivity index (χ1) is 8.89. The number of benzene rings is 1. The molecule has 0 fully saturated rings. The number of hydrogen-bond donors (Lipinski definition) is 1. The number of ether oxygens (including phenoxy) is 1. The second kappa shape index (κ2) is 7.91. The highest BCUT2D eigenvalue weighted by Gasteiger charge is 2.15. The molecule has 2 nitrogen and oxygen atoms in total. The third kappa shape index (κ3) is 5.66. The van der Waals surface area contributed by atoms with E-state index in [4.69, 9.17) is 4.74 Å². The monoisotopic (exact) mass is 409 g/mol. The van der Waals surface area contributed by atoms with Crippen LogP contribution in [0.5, 0.6) is 5.75 Å². The highest BCUT2D eigenvalue weighted by atomic mass is 79.9. The summed E-state index contributed by atoms with van der Waals surface area (Å²) < 4.78 is 7.83. The zero-order valence-corrected chi connectivity index (χ0v) is 15.8. The average Bonchev–Trinajstić information content (AvgIpc) is 2.34. The van der Waals surface area contributed by atoms with Crippen LogP contribution in [0.15, 0.2) is 21.1 Å². The predicted molar refractivity (Wildman–Crippen MR) is 92.3 cm³/mol. The van der Waals surface area contributed by atoms with Gasteiger partial charge in [-0.05, 0) is 76.6 Å². The second-order valence-corrected chi connectivity index (χ2v) is 8.11. The molecule has 0 saturated carbocycles. The molecule has 0 heterocycles. The van der Waals surface area contributed by atoms with Crippen molar-refractivity contribution in [1.29, 1.82) is 0 Å². The summed E-state index contributed by atoms with van der Waals surface area (Å²) in [6, 6.07) is 4.21. The molecule has 19 heavy (non-hydrogen) atoms. The molecule has 1 N–H and O–H groups in total. The summed E-state index contributed by atoms with van der Waals surface area (Å²) in [6.07, 6.45) is 2.14. The molecule has 0 aliphatic carbocycles. The number of nitrogens with one attached hydrogen (secondary N) is 1. The standard InChI is InChI=1S/C14H21Br2NOS/c1-5-18-13-11(15)6-10(7-12(13)16)8-17-9-14(2,3)19-4/h6-7,17H,5,8-9H2,1-4H3. The predicted octanol–water partition coefficient (Wildman–Crippen LogP) is 4.84. The zero-order chi connectivity index (χ0) is 14.5. The van der Waals surface area contributed by atoms with E-state index in [0.29, 0.717) is 6.61 Å². The highest BCUT2D eigenvalue weighted by Crippen LogP contribution is 2.34. The van der Waals surface area contributed by atoms with Gasteiger partial charge in [-0.15, -0.1) is 0 Å². The van der Waals surface area contributed by atoms with Crippen molar-refractivity contribution in [2.24, 2.45) is 0 Å². The molecule has 0 spiro atoms. The van der Waals surface area contributed by atoms with Gasteiger partial charge in [0.15, 0.2) is 0 Å². The lowest BCUT2D eigenvalue weighted by Crippen LogP contribution is -2.31. The fourth-order valence-electron chi connectivity index (χ4n) is 1.58. The van der Waals surface area contributed by atoms with Crippen LogP contribution in [-0.2, 0) is 6.54 Å². The summed E-state index contributed by atoms with van der Waals surface area (Å²) in [5, 5.41) is 3.50. The molecule has 0 amide bonds. The van der Waals surface area contributed by atoms with E-state index in [9.17, 15) is 0 Å². The van der Waals surface area contributed by atoms with Crippen molar-refractivity contribution in [1.82, 2.24) is 5.32 Å². The first-order valence-electron chi connectivity index (χ1n) is 6.26. The molecule has 0 atom stereocenters. The Morgan fingerprint density at radius 1 is 1.26 bits per heavy atom. The van der Waals surface area contributed by atoms with E-state index in [1.54, 1.807) is 0 Å². The van der Waals surface area contributed by atoms with Gasteiger partial charge in [0.05, 0.1) is 15.6 Å². The van der Waals surface area contributed by atoms with Crippen molar-refractivity contribution < 1.29 is 4.74 Å². The maximum atomic E-state index is 5.58. The van der Waals surface area contributed by atoms with Gasteiger partial charge in [-0.2, -0.15) is 11.8 Å². The summed E-state index contributed by atoms with van der Waals surface area (Å²) >= 11 is 8.99. The smallest absolute Gasteiger partial charge is 0.147 e. The normalized spacial score (nSPS) is 11.7. The Morgan fingerprint density at radius 2 is 1.84 bits per heavy atom. The van der Waals surface area contributed by atoms with Crippen LogP contribution in [0.25, 0.3) is 0 Å². The Labute approximate surface area is 137 Å². The van der Waals surface area contributed by atoms with Gasteiger partial charge in [0.1, 0.15) is 5.75 Å². The Balaban J connectivity index is 2.66. The molecular formula is C14H21Br2NOS. The van der Waals surface area contributed by atoms with Gasteiger partial charge in [-0.25, -0.2) is 0 Å². The number of rotatable bonds is 7. The summed E-state index contributed by atoms with van der Waals surface area (Å²) in [6.45, 7) is 8.98. The van der Waals surface area contributed by atoms with Crippen LogP contribution < -0.4 is 10.1 Å². The van der Waals surface area contributed by atoms with Gasteiger partial charge in [-0.1, -0.05) is 0 Å². The average molecular weight is 411 g/mol. The number of hydrogen-bond acceptors (Lipinski definition) is 3. The van der Waals surface area contributed by atoms with Crippen LogP contribution in [-0.4, -0.2) is 24.2 Å². The van der Waals surface area contributed by atoms with E-state index < -0.39 is 0 Å². The minimum absolute atomic E-state index is 0.264. The number of thioether (sulfide) groups is 1. The van der Waals surface area contributed by atoms with E-state index in [2.05, 4.69) is 69.4 Å². The van der Waals surface area contributed by atoms with Crippen LogP contribution in [0.1, 0.15) is 26.3 Å². The van der Waals surface area contributed by atoms with Crippen molar-refractivity contribution >= 4 is 43.6 Å². The Morgan fingerprint density at radius 3 is 2.32 bits per heavy atom. The van der Waals surface area contributed by atoms with E-state index >= 15 is 0 Å². The largest absolute Gasteiger partial charge is 0.492 e. The second-order valence-electron chi connectivity index (χ2n) is 4.89. The lowest BCUT2D eigenvalue weighted by molar-refractivity contribution is 0.336. The molecule has 0 bridgehead atoms. The molecule has 0 aliphatic rings. The van der Waals surface area contributed by atoms with Gasteiger partial charge < -0.3 is 10.1 Å². The topological polar surface area (TPSA) is 21.3 Å². The molecule has 0 saturated heterocycles. The van der Waals surface area contributed by atoms with Crippen LogP contribution in [0.2, 0.25) is 0 Å². The molecule has 108 valence electrons. The summed E-state index contributed by atoms with van der Waals surface area (Å²) in [5.41, 5.74) is 1.24. The molecule has 0 aromatic heterocycles. The lowest BCUT2D eigenvalue weighted by atomic mass is 10.2. The first kappa shape index (κ1) is 17.3. The van der Waals surface area contributed by atoms with Crippen LogP contribution in [0.3, 0.4) is 0 Å². The van der Waals surface area contributed by atoms with Crippen molar-refractivity contribution in [3.8, 4) is 5.75 Å². The van der Waals surface area contributed by atoms with Gasteiger partial charge in [0.25, 0.3) is 0 Å². The van der Waals surface area contributed by atoms with E-state index in [-0.39, 0.29) is 4.75 Å². The van der Waals surface area contributed by atoms with E-state index in [0.717, 1.165) is 27.8 Å². The maximum absolute atomic E-state index is 5.58. The SMILES string of the molecule is CCOc1c(Br)cc(CNCC(C)(C)SC)cc1Br. The molecule has 1 rings (SSSR count). The lowest BCUT2D eigenvalue weighted by Gasteiger charge is -2.22. The molecule has 1 aromatic rings. The summed E-state index contributed by atoms with van der Waals surface area (Å²) in [4.78, 5) is 0. The van der Waals surface area contributed by atoms with Gasteiger partial charge in [0, 0.05) is 17.8 Å². The third-order valence-corrected chi connectivity index (χ3v) is 5.21. The van der Waals surface area contributed by atoms with Crippen molar-refractivity contribution in [2.75, 3.05) is 19.4 Å². The van der Waals surface area contributed by atoms with Gasteiger partial charge in [-0.3, -0.25) is 0 Å². The van der Waals surface area contributed by atoms with E-state index in [1.807, 2.05) is 18.7 Å². The molecule has 1 aromatic carbocycles. The van der Waals surface area contributed by atoms with Crippen LogP contribution in [0, 0.1) is 0 Å².